The van der Waals surface area contributed by atoms with Crippen LogP contribution in [-0.2, 0) is 20.4 Å². The van der Waals surface area contributed by atoms with Gasteiger partial charge in [0.1, 0.15) is 5.54 Å². The normalized spacial score (nSPS) is 14.6. The predicted molar refractivity (Wildman–Crippen MR) is 148 cm³/mol. The molecule has 0 aliphatic heterocycles. The molecule has 8 nitrogen and oxygen atoms in total. The van der Waals surface area contributed by atoms with Crippen molar-refractivity contribution in [3.8, 4) is 0 Å². The molecule has 0 saturated carbocycles. The summed E-state index contributed by atoms with van der Waals surface area (Å²) in [6.45, 7) is 5.76. The number of amides is 1. The smallest absolute Gasteiger partial charge is 0.244 e. The number of benzene rings is 3. The van der Waals surface area contributed by atoms with E-state index in [1.54, 1.807) is 19.1 Å². The number of nitrogens with zero attached hydrogens (tertiary/aromatic N) is 1. The van der Waals surface area contributed by atoms with Crippen molar-refractivity contribution in [2.24, 2.45) is 11.7 Å². The third-order valence-electron chi connectivity index (χ3n) is 6.47. The number of nitrogens with one attached hydrogen (secondary N) is 1. The van der Waals surface area contributed by atoms with Gasteiger partial charge < -0.3 is 21.9 Å². The number of anilines is 1. The molecule has 6 N–H and O–H groups in total. The number of hydrogen-bond acceptors (Lipinski definition) is 6. The third kappa shape index (κ3) is 6.67. The van der Waals surface area contributed by atoms with Crippen molar-refractivity contribution in [1.29, 1.82) is 0 Å². The highest BCUT2D eigenvalue weighted by atomic mass is 32.2. The molecular formula is C28H38N4O4S. The molecule has 0 radical (unpaired) electrons. The first-order valence-corrected chi connectivity index (χ1v) is 14.0. The van der Waals surface area contributed by atoms with E-state index in [1.165, 1.54) is 16.4 Å². The number of carbonyl (C=O) groups excluding carboxylic acids is 1. The number of nitrogen functional groups attached to an aromatic ring is 1. The number of fused-ring (bicyclic) bond motifs is 1. The molecule has 1 unspecified atom stereocenters. The minimum Gasteiger partial charge on any atom is -0.399 e. The molecule has 3 aromatic rings. The first kappa shape index (κ1) is 28.6. The third-order valence-corrected chi connectivity index (χ3v) is 8.40. The van der Waals surface area contributed by atoms with Crippen LogP contribution in [0, 0.1) is 5.92 Å². The minimum absolute atomic E-state index is 0.0518. The Morgan fingerprint density at radius 1 is 1.05 bits per heavy atom. The van der Waals surface area contributed by atoms with Gasteiger partial charge in [-0.15, -0.1) is 0 Å². The molecule has 3 aromatic carbocycles. The van der Waals surface area contributed by atoms with E-state index in [1.807, 2.05) is 56.3 Å². The lowest BCUT2D eigenvalue weighted by Crippen LogP contribution is -2.49. The average molecular weight is 527 g/mol. The Kier molecular flexibility index (Phi) is 9.31. The van der Waals surface area contributed by atoms with Crippen molar-refractivity contribution in [3.63, 3.8) is 0 Å². The van der Waals surface area contributed by atoms with Gasteiger partial charge in [0.25, 0.3) is 0 Å². The Balaban J connectivity index is 1.68. The maximum Gasteiger partial charge on any atom is 0.244 e. The lowest BCUT2D eigenvalue weighted by molar-refractivity contribution is -0.126. The topological polar surface area (TPSA) is 139 Å². The van der Waals surface area contributed by atoms with E-state index < -0.39 is 21.6 Å². The fourth-order valence-corrected chi connectivity index (χ4v) is 6.24. The van der Waals surface area contributed by atoms with Crippen LogP contribution in [0.2, 0.25) is 0 Å². The van der Waals surface area contributed by atoms with E-state index in [0.29, 0.717) is 25.1 Å². The standard InChI is InChI=1S/C28H38N4O4S/c1-20(2)18-32(37(35,36)24-15-13-22(29)14-16-24)23(19-33)10-7-17-31-27(34)28(3,30)26-12-6-9-21-8-4-5-11-25(21)26/h4-6,8-9,11-16,20,23,33H,7,10,17-19,29-30H2,1-3H3,(H,31,34)/t23?,28-/m0/s1. The van der Waals surface area contributed by atoms with Crippen molar-refractivity contribution in [2.75, 3.05) is 25.4 Å². The second kappa shape index (κ2) is 12.0. The molecule has 0 fully saturated rings. The molecule has 200 valence electrons. The summed E-state index contributed by atoms with van der Waals surface area (Å²) in [7, 11) is -3.85. The Hall–Kier alpha value is -2.98. The molecule has 0 saturated heterocycles. The maximum absolute atomic E-state index is 13.4. The summed E-state index contributed by atoms with van der Waals surface area (Å²) < 4.78 is 28.2. The Morgan fingerprint density at radius 3 is 2.35 bits per heavy atom. The average Bonchev–Trinajstić information content (AvgIpc) is 2.87. The lowest BCUT2D eigenvalue weighted by Gasteiger charge is -2.31. The number of aliphatic hydroxyl groups is 1. The van der Waals surface area contributed by atoms with Gasteiger partial charge in [-0.05, 0) is 66.3 Å². The van der Waals surface area contributed by atoms with E-state index in [9.17, 15) is 18.3 Å². The second-order valence-corrected chi connectivity index (χ2v) is 11.9. The van der Waals surface area contributed by atoms with Gasteiger partial charge in [-0.25, -0.2) is 8.42 Å². The lowest BCUT2D eigenvalue weighted by atomic mass is 9.88. The van der Waals surface area contributed by atoms with E-state index >= 15 is 0 Å². The summed E-state index contributed by atoms with van der Waals surface area (Å²) in [4.78, 5) is 13.2. The van der Waals surface area contributed by atoms with Gasteiger partial charge in [0.05, 0.1) is 11.5 Å². The first-order chi connectivity index (χ1) is 17.5. The second-order valence-electron chi connectivity index (χ2n) is 10.0. The summed E-state index contributed by atoms with van der Waals surface area (Å²) in [6.07, 6.45) is 0.835. The van der Waals surface area contributed by atoms with Crippen molar-refractivity contribution >= 4 is 32.4 Å². The molecule has 0 heterocycles. The molecule has 3 rings (SSSR count). The molecule has 0 aliphatic carbocycles. The zero-order valence-electron chi connectivity index (χ0n) is 21.7. The summed E-state index contributed by atoms with van der Waals surface area (Å²) in [5.74, 6) is -0.270. The first-order valence-electron chi connectivity index (χ1n) is 12.5. The summed E-state index contributed by atoms with van der Waals surface area (Å²) >= 11 is 0. The van der Waals surface area contributed by atoms with Crippen LogP contribution in [0.15, 0.2) is 71.6 Å². The van der Waals surface area contributed by atoms with Gasteiger partial charge in [-0.1, -0.05) is 56.3 Å². The predicted octanol–water partition coefficient (Wildman–Crippen LogP) is 3.20. The zero-order chi connectivity index (χ0) is 27.2. The molecule has 0 spiro atoms. The van der Waals surface area contributed by atoms with E-state index in [4.69, 9.17) is 11.5 Å². The van der Waals surface area contributed by atoms with Crippen LogP contribution in [0.25, 0.3) is 10.8 Å². The van der Waals surface area contributed by atoms with Crippen LogP contribution in [0.3, 0.4) is 0 Å². The van der Waals surface area contributed by atoms with E-state index in [-0.39, 0.29) is 29.9 Å². The maximum atomic E-state index is 13.4. The van der Waals surface area contributed by atoms with Crippen molar-refractivity contribution < 1.29 is 18.3 Å². The Bertz CT molecular complexity index is 1300. The van der Waals surface area contributed by atoms with Gasteiger partial charge in [-0.2, -0.15) is 4.31 Å². The largest absolute Gasteiger partial charge is 0.399 e. The number of nitrogens with two attached hydrogens (primary N) is 2. The molecule has 9 heteroatoms. The van der Waals surface area contributed by atoms with Gasteiger partial charge in [0.15, 0.2) is 0 Å². The van der Waals surface area contributed by atoms with Gasteiger partial charge in [-0.3, -0.25) is 4.79 Å². The monoisotopic (exact) mass is 526 g/mol. The SMILES string of the molecule is CC(C)CN(C(CO)CCCNC(=O)[C@@](C)(N)c1cccc2ccccc12)S(=O)(=O)c1ccc(N)cc1. The van der Waals surface area contributed by atoms with Crippen LogP contribution in [0.4, 0.5) is 5.69 Å². The molecule has 0 aromatic heterocycles. The highest BCUT2D eigenvalue weighted by Gasteiger charge is 2.33. The van der Waals surface area contributed by atoms with E-state index in [2.05, 4.69) is 5.32 Å². The fourth-order valence-electron chi connectivity index (χ4n) is 4.43. The number of carbonyl (C=O) groups is 1. The van der Waals surface area contributed by atoms with Crippen LogP contribution < -0.4 is 16.8 Å². The van der Waals surface area contributed by atoms with Crippen molar-refractivity contribution in [1.82, 2.24) is 9.62 Å². The van der Waals surface area contributed by atoms with E-state index in [0.717, 1.165) is 16.3 Å². The highest BCUT2D eigenvalue weighted by Crippen LogP contribution is 2.27. The van der Waals surface area contributed by atoms with Gasteiger partial charge in [0.2, 0.25) is 15.9 Å². The molecular weight excluding hydrogens is 488 g/mol. The molecule has 0 bridgehead atoms. The van der Waals surface area contributed by atoms with Crippen molar-refractivity contribution in [2.45, 2.75) is 50.1 Å². The fraction of sp³-hybridized carbons (Fsp3) is 0.393. The number of aliphatic hydroxyl groups excluding tert-OH is 1. The Morgan fingerprint density at radius 2 is 1.70 bits per heavy atom. The zero-order valence-corrected chi connectivity index (χ0v) is 22.5. The molecule has 2 atom stereocenters. The quantitative estimate of drug-likeness (QED) is 0.211. The molecule has 1 amide bonds. The van der Waals surface area contributed by atoms with Crippen LogP contribution in [0.5, 0.6) is 0 Å². The van der Waals surface area contributed by atoms with Crippen molar-refractivity contribution in [3.05, 3.63) is 72.3 Å². The molecule has 37 heavy (non-hydrogen) atoms. The van der Waals surface area contributed by atoms with Gasteiger partial charge in [0, 0.05) is 24.8 Å². The van der Waals surface area contributed by atoms with Gasteiger partial charge >= 0.3 is 0 Å². The molecule has 0 aliphatic rings. The summed E-state index contributed by atoms with van der Waals surface area (Å²) in [5.41, 5.74) is 12.2. The number of rotatable bonds is 12. The van der Waals surface area contributed by atoms with Crippen LogP contribution >= 0.6 is 0 Å². The Labute approximate surface area is 219 Å². The summed E-state index contributed by atoms with van der Waals surface area (Å²) in [6, 6.07) is 18.9. The van der Waals surface area contributed by atoms with Crippen LogP contribution in [0.1, 0.15) is 39.2 Å². The minimum atomic E-state index is -3.85. The summed E-state index contributed by atoms with van der Waals surface area (Å²) in [5, 5.41) is 14.9. The highest BCUT2D eigenvalue weighted by molar-refractivity contribution is 7.89. The number of hydrogen-bond donors (Lipinski definition) is 4. The van der Waals surface area contributed by atoms with Crippen LogP contribution in [-0.4, -0.2) is 49.5 Å². The number of sulfonamides is 1.